The Hall–Kier alpha value is -1.78. The van der Waals surface area contributed by atoms with Crippen LogP contribution in [0.5, 0.6) is 5.75 Å². The van der Waals surface area contributed by atoms with E-state index >= 15 is 0 Å². The van der Waals surface area contributed by atoms with Crippen molar-refractivity contribution in [3.8, 4) is 5.75 Å². The van der Waals surface area contributed by atoms with Crippen LogP contribution in [0.15, 0.2) is 24.3 Å². The molecular formula is C13H17NO8. The van der Waals surface area contributed by atoms with Gasteiger partial charge in [0, 0.05) is 19.2 Å². The third kappa shape index (κ3) is 3.34. The lowest BCUT2D eigenvalue weighted by Crippen LogP contribution is -2.60. The molecule has 1 heterocycles. The summed E-state index contributed by atoms with van der Waals surface area (Å²) in [6.45, 7) is -0.505. The Balaban J connectivity index is 2.13. The van der Waals surface area contributed by atoms with Crippen molar-refractivity contribution >= 4 is 5.69 Å². The second-order valence-corrected chi connectivity index (χ2v) is 4.78. The minimum atomic E-state index is -1.31. The van der Waals surface area contributed by atoms with Gasteiger partial charge in [-0.2, -0.15) is 0 Å². The number of nitrogens with zero attached hydrogens (tertiary/aromatic N) is 1. The number of aliphatic hydroxyl groups is 3. The second-order valence-electron chi connectivity index (χ2n) is 4.78. The fourth-order valence-electron chi connectivity index (χ4n) is 2.18. The van der Waals surface area contributed by atoms with Gasteiger partial charge >= 0.3 is 0 Å². The van der Waals surface area contributed by atoms with Crippen LogP contribution in [0.25, 0.3) is 0 Å². The lowest BCUT2D eigenvalue weighted by molar-refractivity contribution is -0.384. The van der Waals surface area contributed by atoms with E-state index in [9.17, 15) is 20.3 Å². The van der Waals surface area contributed by atoms with Gasteiger partial charge in [0.1, 0.15) is 30.2 Å². The van der Waals surface area contributed by atoms with E-state index in [0.29, 0.717) is 0 Å². The molecule has 2 rings (SSSR count). The molecule has 0 aromatic heterocycles. The summed E-state index contributed by atoms with van der Waals surface area (Å²) in [4.78, 5) is 10.1. The predicted octanol–water partition coefficient (Wildman–Crippen LogP) is -0.572. The van der Waals surface area contributed by atoms with Crippen molar-refractivity contribution in [2.75, 3.05) is 13.7 Å². The highest BCUT2D eigenvalue weighted by atomic mass is 16.7. The maximum absolute atomic E-state index is 10.6. The number of benzene rings is 1. The summed E-state index contributed by atoms with van der Waals surface area (Å²) in [7, 11) is 1.31. The van der Waals surface area contributed by atoms with Crippen molar-refractivity contribution in [2.45, 2.75) is 30.7 Å². The number of nitro benzene ring substituents is 1. The molecule has 5 atom stereocenters. The summed E-state index contributed by atoms with van der Waals surface area (Å²) >= 11 is 0. The highest BCUT2D eigenvalue weighted by Gasteiger charge is 2.45. The standard InChI is InChI=1S/C13H17NO8/c1-20-12-11(17)10(16)9(6-15)22-13(12)21-8-4-2-7(3-5-8)14(18)19/h2-5,9-13,15-17H,6H2,1H3/t9-,10-,11+,12-,13-/m1/s1. The van der Waals surface area contributed by atoms with E-state index in [-0.39, 0.29) is 11.4 Å². The summed E-state index contributed by atoms with van der Waals surface area (Å²) in [5, 5.41) is 39.5. The Morgan fingerprint density at radius 1 is 1.27 bits per heavy atom. The molecule has 1 aromatic rings. The van der Waals surface area contributed by atoms with E-state index in [1.54, 1.807) is 0 Å². The van der Waals surface area contributed by atoms with Gasteiger partial charge in [-0.1, -0.05) is 0 Å². The van der Waals surface area contributed by atoms with Crippen molar-refractivity contribution in [1.82, 2.24) is 0 Å². The van der Waals surface area contributed by atoms with E-state index in [1.807, 2.05) is 0 Å². The number of ether oxygens (including phenoxy) is 3. The molecule has 1 aliphatic heterocycles. The number of rotatable bonds is 5. The number of hydrogen-bond donors (Lipinski definition) is 3. The van der Waals surface area contributed by atoms with Crippen LogP contribution in [-0.2, 0) is 9.47 Å². The van der Waals surface area contributed by atoms with Crippen LogP contribution in [0, 0.1) is 10.1 Å². The van der Waals surface area contributed by atoms with Crippen molar-refractivity contribution in [3.63, 3.8) is 0 Å². The average Bonchev–Trinajstić information content (AvgIpc) is 2.51. The Labute approximate surface area is 125 Å². The minimum absolute atomic E-state index is 0.0936. The van der Waals surface area contributed by atoms with E-state index in [2.05, 4.69) is 0 Å². The maximum Gasteiger partial charge on any atom is 0.269 e. The molecule has 1 aliphatic rings. The molecule has 0 radical (unpaired) electrons. The monoisotopic (exact) mass is 315 g/mol. The first-order chi connectivity index (χ1) is 10.5. The fraction of sp³-hybridized carbons (Fsp3) is 0.538. The van der Waals surface area contributed by atoms with E-state index < -0.39 is 42.2 Å². The highest BCUT2D eigenvalue weighted by Crippen LogP contribution is 2.26. The summed E-state index contributed by atoms with van der Waals surface area (Å²) in [5.74, 6) is 0.262. The van der Waals surface area contributed by atoms with Crippen LogP contribution in [0.1, 0.15) is 0 Å². The zero-order chi connectivity index (χ0) is 16.3. The van der Waals surface area contributed by atoms with Gasteiger partial charge < -0.3 is 29.5 Å². The molecule has 0 aliphatic carbocycles. The van der Waals surface area contributed by atoms with E-state index in [0.717, 1.165) is 0 Å². The Morgan fingerprint density at radius 3 is 2.41 bits per heavy atom. The van der Waals surface area contributed by atoms with Crippen molar-refractivity contribution in [1.29, 1.82) is 0 Å². The first-order valence-corrected chi connectivity index (χ1v) is 6.54. The normalized spacial score (nSPS) is 31.7. The molecule has 122 valence electrons. The molecule has 3 N–H and O–H groups in total. The molecule has 0 spiro atoms. The van der Waals surface area contributed by atoms with Gasteiger partial charge in [0.25, 0.3) is 5.69 Å². The fourth-order valence-corrected chi connectivity index (χ4v) is 2.18. The summed E-state index contributed by atoms with van der Waals surface area (Å²) < 4.78 is 15.9. The first-order valence-electron chi connectivity index (χ1n) is 6.54. The Kier molecular flexibility index (Phi) is 5.27. The van der Waals surface area contributed by atoms with Crippen molar-refractivity contribution in [2.24, 2.45) is 0 Å². The van der Waals surface area contributed by atoms with Crippen LogP contribution in [0.3, 0.4) is 0 Å². The van der Waals surface area contributed by atoms with E-state index in [1.165, 1.54) is 31.4 Å². The lowest BCUT2D eigenvalue weighted by Gasteiger charge is -2.41. The quantitative estimate of drug-likeness (QED) is 0.486. The van der Waals surface area contributed by atoms with Gasteiger partial charge in [0.05, 0.1) is 11.5 Å². The molecule has 1 saturated heterocycles. The SMILES string of the molecule is CO[C@H]1[C@H](Oc2ccc([N+](=O)[O-])cc2)O[C@H](CO)[C@@H](O)[C@@H]1O. The van der Waals surface area contributed by atoms with Crippen LogP contribution in [0.4, 0.5) is 5.69 Å². The number of non-ortho nitro benzene ring substituents is 1. The summed E-state index contributed by atoms with van der Waals surface area (Å²) in [6, 6.07) is 5.27. The molecule has 0 saturated carbocycles. The Morgan fingerprint density at radius 2 is 1.91 bits per heavy atom. The number of hydrogen-bond acceptors (Lipinski definition) is 8. The molecule has 0 amide bonds. The average molecular weight is 315 g/mol. The van der Waals surface area contributed by atoms with Crippen LogP contribution < -0.4 is 4.74 Å². The number of methoxy groups -OCH3 is 1. The summed E-state index contributed by atoms with van der Waals surface area (Å²) in [5.41, 5.74) is -0.0936. The van der Waals surface area contributed by atoms with Gasteiger partial charge in [0.2, 0.25) is 6.29 Å². The smallest absolute Gasteiger partial charge is 0.269 e. The van der Waals surface area contributed by atoms with Crippen LogP contribution in [-0.4, -0.2) is 64.7 Å². The van der Waals surface area contributed by atoms with Gasteiger partial charge in [-0.05, 0) is 12.1 Å². The van der Waals surface area contributed by atoms with Gasteiger partial charge in [-0.3, -0.25) is 10.1 Å². The zero-order valence-corrected chi connectivity index (χ0v) is 11.7. The maximum atomic E-state index is 10.6. The van der Waals surface area contributed by atoms with Gasteiger partial charge in [-0.25, -0.2) is 0 Å². The molecule has 1 fully saturated rings. The predicted molar refractivity (Wildman–Crippen MR) is 72.3 cm³/mol. The van der Waals surface area contributed by atoms with E-state index in [4.69, 9.17) is 19.3 Å². The van der Waals surface area contributed by atoms with Gasteiger partial charge in [-0.15, -0.1) is 0 Å². The molecule has 9 heteroatoms. The minimum Gasteiger partial charge on any atom is -0.462 e. The molecule has 1 aromatic carbocycles. The molecule has 0 unspecified atom stereocenters. The molecule has 0 bridgehead atoms. The Bertz CT molecular complexity index is 507. The van der Waals surface area contributed by atoms with Gasteiger partial charge in [0.15, 0.2) is 0 Å². The second kappa shape index (κ2) is 6.99. The van der Waals surface area contributed by atoms with Crippen molar-refractivity contribution in [3.05, 3.63) is 34.4 Å². The molecular weight excluding hydrogens is 298 g/mol. The van der Waals surface area contributed by atoms with Crippen molar-refractivity contribution < 1.29 is 34.5 Å². The third-order valence-corrected chi connectivity index (χ3v) is 3.40. The van der Waals surface area contributed by atoms with Crippen LogP contribution in [0.2, 0.25) is 0 Å². The molecule has 9 nitrogen and oxygen atoms in total. The number of aliphatic hydroxyl groups excluding tert-OH is 3. The zero-order valence-electron chi connectivity index (χ0n) is 11.7. The first kappa shape index (κ1) is 16.6. The summed E-state index contributed by atoms with van der Waals surface area (Å²) in [6.07, 6.45) is -5.70. The van der Waals surface area contributed by atoms with Crippen LogP contribution >= 0.6 is 0 Å². The molecule has 22 heavy (non-hydrogen) atoms. The topological polar surface area (TPSA) is 132 Å². The lowest BCUT2D eigenvalue weighted by atomic mass is 9.99. The highest BCUT2D eigenvalue weighted by molar-refractivity contribution is 5.36. The third-order valence-electron chi connectivity index (χ3n) is 3.40. The number of nitro groups is 1. The largest absolute Gasteiger partial charge is 0.462 e.